The van der Waals surface area contributed by atoms with E-state index in [1.807, 2.05) is 47.1 Å². The molecule has 154 valence electrons. The molecule has 1 atom stereocenters. The number of imidazole rings is 1. The van der Waals surface area contributed by atoms with Gasteiger partial charge in [0.05, 0.1) is 11.5 Å². The third kappa shape index (κ3) is 4.07. The van der Waals surface area contributed by atoms with Gasteiger partial charge < -0.3 is 14.5 Å². The van der Waals surface area contributed by atoms with Crippen LogP contribution in [-0.2, 0) is 4.74 Å². The molecule has 1 N–H and O–H groups in total. The zero-order valence-electron chi connectivity index (χ0n) is 17.3. The molecule has 7 heteroatoms. The van der Waals surface area contributed by atoms with Gasteiger partial charge in [0.25, 0.3) is 0 Å². The molecule has 0 saturated carbocycles. The van der Waals surface area contributed by atoms with Crippen molar-refractivity contribution in [1.82, 2.24) is 14.4 Å². The number of ether oxygens (including phenoxy) is 1. The summed E-state index contributed by atoms with van der Waals surface area (Å²) in [7, 11) is 0. The van der Waals surface area contributed by atoms with Crippen molar-refractivity contribution in [3.8, 4) is 21.6 Å². The van der Waals surface area contributed by atoms with Crippen LogP contribution >= 0.6 is 11.3 Å². The van der Waals surface area contributed by atoms with E-state index in [1.54, 1.807) is 24.5 Å². The largest absolute Gasteiger partial charge is 0.461 e. The lowest BCUT2D eigenvalue weighted by Gasteiger charge is -2.09. The molecular formula is C23H24N4O2S. The van der Waals surface area contributed by atoms with E-state index < -0.39 is 5.97 Å². The van der Waals surface area contributed by atoms with Crippen molar-refractivity contribution in [1.29, 1.82) is 0 Å². The number of anilines is 1. The Morgan fingerprint density at radius 2 is 2.00 bits per heavy atom. The third-order valence-corrected chi connectivity index (χ3v) is 5.87. The molecule has 0 saturated heterocycles. The molecule has 3 aromatic heterocycles. The van der Waals surface area contributed by atoms with Crippen molar-refractivity contribution in [3.63, 3.8) is 0 Å². The lowest BCUT2D eigenvalue weighted by molar-refractivity contribution is 0.0520. The highest BCUT2D eigenvalue weighted by atomic mass is 32.1. The number of esters is 1. The first-order chi connectivity index (χ1) is 14.6. The molecule has 0 fully saturated rings. The van der Waals surface area contributed by atoms with Crippen molar-refractivity contribution in [2.75, 3.05) is 11.9 Å². The molecule has 0 aliphatic heterocycles. The second-order valence-corrected chi connectivity index (χ2v) is 8.10. The van der Waals surface area contributed by atoms with E-state index in [0.29, 0.717) is 18.3 Å². The molecule has 0 aliphatic carbocycles. The SMILES string of the molecule is CCOC(=O)c1cn2cc(-c3cnc(N[C@H](C)CC)s3)cc(-c3ccccc3)c2n1. The number of carbonyl (C=O) groups excluding carboxylic acids is 1. The minimum absolute atomic E-state index is 0.301. The van der Waals surface area contributed by atoms with Gasteiger partial charge in [-0.25, -0.2) is 14.8 Å². The Morgan fingerprint density at radius 3 is 2.73 bits per heavy atom. The minimum Gasteiger partial charge on any atom is -0.461 e. The van der Waals surface area contributed by atoms with Gasteiger partial charge in [-0.2, -0.15) is 0 Å². The van der Waals surface area contributed by atoms with E-state index in [2.05, 4.69) is 35.2 Å². The Morgan fingerprint density at radius 1 is 1.20 bits per heavy atom. The number of nitrogens with one attached hydrogen (secondary N) is 1. The Labute approximate surface area is 179 Å². The number of pyridine rings is 1. The fraction of sp³-hybridized carbons (Fsp3) is 0.261. The van der Waals surface area contributed by atoms with Gasteiger partial charge in [0, 0.05) is 35.8 Å². The summed E-state index contributed by atoms with van der Waals surface area (Å²) in [6.07, 6.45) is 6.62. The average Bonchev–Trinajstić information content (AvgIpc) is 3.40. The summed E-state index contributed by atoms with van der Waals surface area (Å²) >= 11 is 1.62. The summed E-state index contributed by atoms with van der Waals surface area (Å²) in [4.78, 5) is 22.4. The van der Waals surface area contributed by atoms with Crippen molar-refractivity contribution in [2.24, 2.45) is 0 Å². The topological polar surface area (TPSA) is 68.5 Å². The van der Waals surface area contributed by atoms with Crippen molar-refractivity contribution in [2.45, 2.75) is 33.2 Å². The van der Waals surface area contributed by atoms with Crippen LogP contribution < -0.4 is 5.32 Å². The molecule has 4 aromatic rings. The van der Waals surface area contributed by atoms with Crippen LogP contribution in [0.2, 0.25) is 0 Å². The smallest absolute Gasteiger partial charge is 0.358 e. The number of benzene rings is 1. The highest BCUT2D eigenvalue weighted by Gasteiger charge is 2.17. The second-order valence-electron chi connectivity index (χ2n) is 7.07. The predicted octanol–water partition coefficient (Wildman–Crippen LogP) is 5.51. The summed E-state index contributed by atoms with van der Waals surface area (Å²) in [5.74, 6) is -0.417. The first-order valence-electron chi connectivity index (χ1n) is 10.1. The van der Waals surface area contributed by atoms with Crippen LogP contribution in [0.25, 0.3) is 27.2 Å². The van der Waals surface area contributed by atoms with Crippen LogP contribution in [0, 0.1) is 0 Å². The maximum Gasteiger partial charge on any atom is 0.358 e. The quantitative estimate of drug-likeness (QED) is 0.399. The molecule has 30 heavy (non-hydrogen) atoms. The van der Waals surface area contributed by atoms with Gasteiger partial charge in [0.1, 0.15) is 5.65 Å². The van der Waals surface area contributed by atoms with E-state index in [9.17, 15) is 4.79 Å². The molecule has 0 aliphatic rings. The van der Waals surface area contributed by atoms with Gasteiger partial charge in [-0.15, -0.1) is 0 Å². The predicted molar refractivity (Wildman–Crippen MR) is 121 cm³/mol. The molecule has 0 spiro atoms. The summed E-state index contributed by atoms with van der Waals surface area (Å²) < 4.78 is 7.03. The normalized spacial score (nSPS) is 12.1. The zero-order valence-corrected chi connectivity index (χ0v) is 18.1. The molecule has 0 radical (unpaired) electrons. The van der Waals surface area contributed by atoms with Crippen LogP contribution in [0.3, 0.4) is 0 Å². The number of thiazole rings is 1. The summed E-state index contributed by atoms with van der Waals surface area (Å²) in [6.45, 7) is 6.39. The van der Waals surface area contributed by atoms with Gasteiger partial charge >= 0.3 is 5.97 Å². The first-order valence-corrected chi connectivity index (χ1v) is 10.9. The molecule has 0 amide bonds. The van der Waals surface area contributed by atoms with Gasteiger partial charge in [-0.1, -0.05) is 48.6 Å². The highest BCUT2D eigenvalue weighted by molar-refractivity contribution is 7.18. The van der Waals surface area contributed by atoms with Crippen molar-refractivity contribution in [3.05, 3.63) is 60.7 Å². The van der Waals surface area contributed by atoms with Gasteiger partial charge in [-0.3, -0.25) is 0 Å². The molecule has 4 rings (SSSR count). The summed E-state index contributed by atoms with van der Waals surface area (Å²) in [5.41, 5.74) is 4.02. The molecule has 1 aromatic carbocycles. The number of hydrogen-bond acceptors (Lipinski definition) is 6. The Hall–Kier alpha value is -3.19. The molecule has 3 heterocycles. The van der Waals surface area contributed by atoms with Gasteiger partial charge in [-0.05, 0) is 31.9 Å². The van der Waals surface area contributed by atoms with E-state index in [1.165, 1.54) is 0 Å². The fourth-order valence-corrected chi connectivity index (χ4v) is 4.06. The van der Waals surface area contributed by atoms with Gasteiger partial charge in [0.15, 0.2) is 10.8 Å². The Kier molecular flexibility index (Phi) is 5.81. The van der Waals surface area contributed by atoms with Crippen molar-refractivity contribution < 1.29 is 9.53 Å². The Balaban J connectivity index is 1.82. The van der Waals surface area contributed by atoms with E-state index >= 15 is 0 Å². The molecule has 0 bridgehead atoms. The standard InChI is InChI=1S/C23H24N4O2S/c1-4-15(3)25-23-24-12-20(30-23)17-11-18(16-9-7-6-8-10-16)21-26-19(14-27(21)13-17)22(28)29-5-2/h6-15H,4-5H2,1-3H3,(H,24,25)/t15-/m1/s1. The lowest BCUT2D eigenvalue weighted by Crippen LogP contribution is -2.12. The molecular weight excluding hydrogens is 396 g/mol. The van der Waals surface area contributed by atoms with Crippen LogP contribution in [0.5, 0.6) is 0 Å². The maximum atomic E-state index is 12.2. The zero-order chi connectivity index (χ0) is 21.1. The van der Waals surface area contributed by atoms with Crippen LogP contribution in [0.15, 0.2) is 55.0 Å². The number of hydrogen-bond donors (Lipinski definition) is 1. The van der Waals surface area contributed by atoms with Crippen LogP contribution in [0.4, 0.5) is 5.13 Å². The molecule has 0 unspecified atom stereocenters. The number of aromatic nitrogens is 3. The second kappa shape index (κ2) is 8.67. The van der Waals surface area contributed by atoms with Gasteiger partial charge in [0.2, 0.25) is 0 Å². The average molecular weight is 421 g/mol. The van der Waals surface area contributed by atoms with E-state index in [0.717, 1.165) is 38.8 Å². The number of rotatable bonds is 7. The van der Waals surface area contributed by atoms with E-state index in [4.69, 9.17) is 4.74 Å². The van der Waals surface area contributed by atoms with Crippen LogP contribution in [-0.4, -0.2) is 33.0 Å². The third-order valence-electron chi connectivity index (χ3n) is 4.89. The maximum absolute atomic E-state index is 12.2. The lowest BCUT2D eigenvalue weighted by atomic mass is 10.0. The number of nitrogens with zero attached hydrogens (tertiary/aromatic N) is 3. The van der Waals surface area contributed by atoms with Crippen molar-refractivity contribution >= 4 is 28.1 Å². The summed E-state index contributed by atoms with van der Waals surface area (Å²) in [6, 6.07) is 12.5. The minimum atomic E-state index is -0.417. The summed E-state index contributed by atoms with van der Waals surface area (Å²) in [5, 5.41) is 4.33. The monoisotopic (exact) mass is 420 g/mol. The number of fused-ring (bicyclic) bond motifs is 1. The fourth-order valence-electron chi connectivity index (χ4n) is 3.15. The molecule has 6 nitrogen and oxygen atoms in total. The highest BCUT2D eigenvalue weighted by Crippen LogP contribution is 2.34. The van der Waals surface area contributed by atoms with E-state index in [-0.39, 0.29) is 0 Å². The van der Waals surface area contributed by atoms with Crippen LogP contribution in [0.1, 0.15) is 37.7 Å². The first kappa shape index (κ1) is 20.1. The number of carbonyl (C=O) groups is 1. The Bertz CT molecular complexity index is 1170.